The Morgan fingerprint density at radius 2 is 2.29 bits per heavy atom. The molecule has 2 saturated heterocycles. The van der Waals surface area contributed by atoms with E-state index in [9.17, 15) is 4.79 Å². The van der Waals surface area contributed by atoms with Gasteiger partial charge in [-0.15, -0.1) is 0 Å². The topological polar surface area (TPSA) is 53.6 Å². The maximum atomic E-state index is 11.8. The van der Waals surface area contributed by atoms with Gasteiger partial charge in [-0.2, -0.15) is 0 Å². The zero-order valence-corrected chi connectivity index (χ0v) is 10.6. The number of rotatable bonds is 4. The van der Waals surface area contributed by atoms with Crippen LogP contribution in [0.25, 0.3) is 0 Å². The van der Waals surface area contributed by atoms with Gasteiger partial charge in [0.2, 0.25) is 5.91 Å². The van der Waals surface area contributed by atoms with E-state index in [4.69, 9.17) is 4.74 Å². The minimum absolute atomic E-state index is 0.120. The Bertz CT molecular complexity index is 248. The molecule has 2 N–H and O–H groups in total. The van der Waals surface area contributed by atoms with Gasteiger partial charge in [-0.05, 0) is 19.8 Å². The molecule has 0 aliphatic carbocycles. The highest BCUT2D eigenvalue weighted by Gasteiger charge is 2.24. The summed E-state index contributed by atoms with van der Waals surface area (Å²) in [6.07, 6.45) is 2.39. The number of nitrogens with one attached hydrogen (secondary N) is 2. The van der Waals surface area contributed by atoms with Crippen molar-refractivity contribution in [3.63, 3.8) is 0 Å². The predicted octanol–water partition coefficient (Wildman–Crippen LogP) is -0.425. The molecule has 2 aliphatic rings. The molecule has 2 heterocycles. The van der Waals surface area contributed by atoms with Crippen LogP contribution in [0, 0.1) is 0 Å². The molecule has 0 spiro atoms. The number of carbonyl (C=O) groups excluding carboxylic acids is 1. The highest BCUT2D eigenvalue weighted by Crippen LogP contribution is 2.15. The molecule has 2 atom stereocenters. The lowest BCUT2D eigenvalue weighted by Gasteiger charge is -2.27. The third-order valence-corrected chi connectivity index (χ3v) is 3.49. The number of carbonyl (C=O) groups is 1. The van der Waals surface area contributed by atoms with Gasteiger partial charge in [0.15, 0.2) is 0 Å². The summed E-state index contributed by atoms with van der Waals surface area (Å²) in [5.41, 5.74) is 0. The van der Waals surface area contributed by atoms with E-state index < -0.39 is 0 Å². The summed E-state index contributed by atoms with van der Waals surface area (Å²) >= 11 is 0. The molecule has 5 nitrogen and oxygen atoms in total. The summed E-state index contributed by atoms with van der Waals surface area (Å²) in [6, 6.07) is 0.132. The molecule has 0 aromatic rings. The minimum Gasteiger partial charge on any atom is -0.376 e. The summed E-state index contributed by atoms with van der Waals surface area (Å²) < 4.78 is 5.57. The second-order valence-electron chi connectivity index (χ2n) is 4.93. The van der Waals surface area contributed by atoms with Crippen molar-refractivity contribution in [1.29, 1.82) is 0 Å². The lowest BCUT2D eigenvalue weighted by molar-refractivity contribution is -0.123. The second kappa shape index (κ2) is 6.33. The Morgan fingerprint density at radius 3 is 2.94 bits per heavy atom. The van der Waals surface area contributed by atoms with Crippen LogP contribution < -0.4 is 10.6 Å². The van der Waals surface area contributed by atoms with Crippen LogP contribution in [0.4, 0.5) is 0 Å². The molecule has 0 radical (unpaired) electrons. The van der Waals surface area contributed by atoms with E-state index in [1.54, 1.807) is 0 Å². The zero-order chi connectivity index (χ0) is 12.1. The Labute approximate surface area is 103 Å². The fourth-order valence-electron chi connectivity index (χ4n) is 2.46. The predicted molar refractivity (Wildman–Crippen MR) is 65.9 cm³/mol. The van der Waals surface area contributed by atoms with Gasteiger partial charge < -0.3 is 15.4 Å². The summed E-state index contributed by atoms with van der Waals surface area (Å²) in [5, 5.41) is 6.32. The second-order valence-corrected chi connectivity index (χ2v) is 4.93. The van der Waals surface area contributed by atoms with Gasteiger partial charge in [-0.25, -0.2) is 0 Å². The molecule has 17 heavy (non-hydrogen) atoms. The molecule has 0 bridgehead atoms. The van der Waals surface area contributed by atoms with Crippen LogP contribution in [-0.2, 0) is 9.53 Å². The van der Waals surface area contributed by atoms with Gasteiger partial charge in [0, 0.05) is 32.8 Å². The van der Waals surface area contributed by atoms with Crippen molar-refractivity contribution in [3.8, 4) is 0 Å². The monoisotopic (exact) mass is 241 g/mol. The van der Waals surface area contributed by atoms with Crippen molar-refractivity contribution in [2.45, 2.75) is 31.9 Å². The van der Waals surface area contributed by atoms with Crippen molar-refractivity contribution >= 4 is 5.91 Å². The fourth-order valence-corrected chi connectivity index (χ4v) is 2.46. The van der Waals surface area contributed by atoms with Crippen molar-refractivity contribution in [1.82, 2.24) is 15.5 Å². The molecular weight excluding hydrogens is 218 g/mol. The molecule has 2 fully saturated rings. The van der Waals surface area contributed by atoms with Crippen molar-refractivity contribution in [2.24, 2.45) is 0 Å². The first-order valence-corrected chi connectivity index (χ1v) is 6.60. The summed E-state index contributed by atoms with van der Waals surface area (Å²) in [4.78, 5) is 14.0. The van der Waals surface area contributed by atoms with Gasteiger partial charge in [-0.1, -0.05) is 0 Å². The smallest absolute Gasteiger partial charge is 0.234 e. The average Bonchev–Trinajstić information content (AvgIpc) is 2.83. The van der Waals surface area contributed by atoms with Gasteiger partial charge >= 0.3 is 0 Å². The molecule has 0 aromatic heterocycles. The van der Waals surface area contributed by atoms with Crippen LogP contribution in [-0.4, -0.2) is 62.3 Å². The van der Waals surface area contributed by atoms with Gasteiger partial charge in [0.05, 0.1) is 18.7 Å². The van der Waals surface area contributed by atoms with E-state index in [0.29, 0.717) is 6.54 Å². The Kier molecular flexibility index (Phi) is 4.76. The lowest BCUT2D eigenvalue weighted by atomic mass is 10.1. The molecule has 2 aliphatic heterocycles. The van der Waals surface area contributed by atoms with Crippen LogP contribution >= 0.6 is 0 Å². The highest BCUT2D eigenvalue weighted by molar-refractivity contribution is 5.78. The Hall–Kier alpha value is -0.650. The number of nitrogens with zero attached hydrogens (tertiary/aromatic N) is 1. The molecule has 1 amide bonds. The Balaban J connectivity index is 1.68. The fraction of sp³-hybridized carbons (Fsp3) is 0.917. The van der Waals surface area contributed by atoms with Crippen LogP contribution in [0.3, 0.4) is 0 Å². The SMILES string of the molecule is CC(NC(=O)CN1CCNCC1)C1CCCO1. The number of hydrogen-bond donors (Lipinski definition) is 2. The highest BCUT2D eigenvalue weighted by atomic mass is 16.5. The van der Waals surface area contributed by atoms with Crippen LogP contribution in [0.1, 0.15) is 19.8 Å². The number of piperazine rings is 1. The van der Waals surface area contributed by atoms with Gasteiger partial charge in [0.25, 0.3) is 0 Å². The third-order valence-electron chi connectivity index (χ3n) is 3.49. The lowest BCUT2D eigenvalue weighted by Crippen LogP contribution is -2.50. The molecular formula is C12H23N3O2. The molecule has 0 saturated carbocycles. The summed E-state index contributed by atoms with van der Waals surface area (Å²) in [7, 11) is 0. The zero-order valence-electron chi connectivity index (χ0n) is 10.6. The number of hydrogen-bond acceptors (Lipinski definition) is 4. The summed E-state index contributed by atoms with van der Waals surface area (Å²) in [6.45, 7) is 7.26. The van der Waals surface area contributed by atoms with Gasteiger partial charge in [0.1, 0.15) is 0 Å². The summed E-state index contributed by atoms with van der Waals surface area (Å²) in [5.74, 6) is 0.120. The number of amides is 1. The van der Waals surface area contributed by atoms with Crippen LogP contribution in [0.2, 0.25) is 0 Å². The van der Waals surface area contributed by atoms with Gasteiger partial charge in [-0.3, -0.25) is 9.69 Å². The third kappa shape index (κ3) is 3.94. The maximum Gasteiger partial charge on any atom is 0.234 e. The quantitative estimate of drug-likeness (QED) is 0.701. The van der Waals surface area contributed by atoms with Crippen molar-refractivity contribution in [2.75, 3.05) is 39.3 Å². The van der Waals surface area contributed by atoms with E-state index in [-0.39, 0.29) is 18.1 Å². The molecule has 98 valence electrons. The van der Waals surface area contributed by atoms with E-state index >= 15 is 0 Å². The number of ether oxygens (including phenoxy) is 1. The van der Waals surface area contributed by atoms with Crippen molar-refractivity contribution in [3.05, 3.63) is 0 Å². The largest absolute Gasteiger partial charge is 0.376 e. The minimum atomic E-state index is 0.120. The van der Waals surface area contributed by atoms with E-state index in [1.165, 1.54) is 0 Å². The first-order chi connectivity index (χ1) is 8.25. The standard InChI is InChI=1S/C12H23N3O2/c1-10(11-3-2-8-17-11)14-12(16)9-15-6-4-13-5-7-15/h10-11,13H,2-9H2,1H3,(H,14,16). The maximum absolute atomic E-state index is 11.8. The molecule has 2 unspecified atom stereocenters. The van der Waals surface area contributed by atoms with E-state index in [1.807, 2.05) is 6.92 Å². The molecule has 5 heteroatoms. The van der Waals surface area contributed by atoms with Crippen molar-refractivity contribution < 1.29 is 9.53 Å². The first kappa shape index (κ1) is 12.8. The molecule has 2 rings (SSSR count). The Morgan fingerprint density at radius 1 is 1.53 bits per heavy atom. The average molecular weight is 241 g/mol. The molecule has 0 aromatic carbocycles. The van der Waals surface area contributed by atoms with Crippen LogP contribution in [0.5, 0.6) is 0 Å². The van der Waals surface area contributed by atoms with E-state index in [2.05, 4.69) is 15.5 Å². The normalized spacial score (nSPS) is 27.9. The van der Waals surface area contributed by atoms with Crippen LogP contribution in [0.15, 0.2) is 0 Å². The first-order valence-electron chi connectivity index (χ1n) is 6.60. The van der Waals surface area contributed by atoms with E-state index in [0.717, 1.165) is 45.6 Å².